The smallest absolute Gasteiger partial charge is 0.376 e. The fraction of sp³-hybridized carbons (Fsp3) is 1.00. The lowest BCUT2D eigenvalue weighted by Gasteiger charge is -2.35. The van der Waals surface area contributed by atoms with Gasteiger partial charge in [0, 0.05) is 21.3 Å². The van der Waals surface area contributed by atoms with Gasteiger partial charge in [-0.2, -0.15) is 0 Å². The Morgan fingerprint density at radius 2 is 1.72 bits per heavy atom. The van der Waals surface area contributed by atoms with E-state index in [1.165, 1.54) is 32.1 Å². The van der Waals surface area contributed by atoms with E-state index >= 15 is 0 Å². The minimum absolute atomic E-state index is 0.346. The highest BCUT2D eigenvalue weighted by Gasteiger charge is 2.51. The molecule has 1 aliphatic rings. The minimum atomic E-state index is -2.49. The number of rotatable bonds is 9. The first-order chi connectivity index (χ1) is 8.74. The zero-order valence-electron chi connectivity index (χ0n) is 12.4. The SMILES string of the molecule is CCCCCCN1CCCC1[Si](OC)(OC)OC. The number of nitrogens with zero attached hydrogens (tertiary/aromatic N) is 1. The molecule has 0 aromatic rings. The number of hydrogen-bond donors (Lipinski definition) is 0. The lowest BCUT2D eigenvalue weighted by Crippen LogP contribution is -2.59. The van der Waals surface area contributed by atoms with E-state index in [9.17, 15) is 0 Å². The molecule has 0 N–H and O–H groups in total. The van der Waals surface area contributed by atoms with Gasteiger partial charge in [-0.05, 0) is 32.4 Å². The van der Waals surface area contributed by atoms with Crippen molar-refractivity contribution in [3.8, 4) is 0 Å². The van der Waals surface area contributed by atoms with Gasteiger partial charge in [-0.1, -0.05) is 26.2 Å². The van der Waals surface area contributed by atoms with Crippen molar-refractivity contribution in [2.24, 2.45) is 0 Å². The lowest BCUT2D eigenvalue weighted by molar-refractivity contribution is 0.0853. The van der Waals surface area contributed by atoms with Crippen molar-refractivity contribution in [1.29, 1.82) is 0 Å². The zero-order valence-corrected chi connectivity index (χ0v) is 13.4. The Morgan fingerprint density at radius 1 is 1.06 bits per heavy atom. The van der Waals surface area contributed by atoms with Gasteiger partial charge in [-0.15, -0.1) is 0 Å². The summed E-state index contributed by atoms with van der Waals surface area (Å²) in [7, 11) is 2.66. The largest absolute Gasteiger partial charge is 0.518 e. The average molecular weight is 275 g/mol. The average Bonchev–Trinajstić information content (AvgIpc) is 2.87. The molecule has 1 saturated heterocycles. The summed E-state index contributed by atoms with van der Waals surface area (Å²) in [5.74, 6) is 0. The maximum atomic E-state index is 5.63. The maximum Gasteiger partial charge on any atom is 0.518 e. The van der Waals surface area contributed by atoms with Crippen LogP contribution in [-0.2, 0) is 13.3 Å². The van der Waals surface area contributed by atoms with Crippen molar-refractivity contribution in [3.63, 3.8) is 0 Å². The lowest BCUT2D eigenvalue weighted by atomic mass is 10.2. The zero-order chi connectivity index (χ0) is 13.4. The van der Waals surface area contributed by atoms with Gasteiger partial charge in [0.25, 0.3) is 0 Å². The van der Waals surface area contributed by atoms with E-state index in [2.05, 4.69) is 11.8 Å². The molecule has 0 radical (unpaired) electrons. The highest BCUT2D eigenvalue weighted by molar-refractivity contribution is 6.62. The highest BCUT2D eigenvalue weighted by Crippen LogP contribution is 2.27. The van der Waals surface area contributed by atoms with Crippen molar-refractivity contribution in [3.05, 3.63) is 0 Å². The standard InChI is InChI=1S/C13H29NO3Si/c1-5-6-7-8-11-14-12-9-10-13(14)18(15-2,16-3)17-4/h13H,5-12H2,1-4H3. The Kier molecular flexibility index (Phi) is 7.40. The molecular weight excluding hydrogens is 246 g/mol. The van der Waals surface area contributed by atoms with Crippen LogP contribution in [0.1, 0.15) is 45.4 Å². The molecule has 4 nitrogen and oxygen atoms in total. The summed E-state index contributed by atoms with van der Waals surface area (Å²) in [4.78, 5) is 2.51. The number of hydrogen-bond acceptors (Lipinski definition) is 4. The summed E-state index contributed by atoms with van der Waals surface area (Å²) in [6, 6.07) is 0. The maximum absolute atomic E-state index is 5.63. The molecule has 1 aliphatic heterocycles. The molecule has 0 bridgehead atoms. The van der Waals surface area contributed by atoms with E-state index in [0.29, 0.717) is 5.67 Å². The van der Waals surface area contributed by atoms with E-state index < -0.39 is 8.80 Å². The second-order valence-electron chi connectivity index (χ2n) is 4.97. The Labute approximate surface area is 113 Å². The van der Waals surface area contributed by atoms with E-state index in [-0.39, 0.29) is 0 Å². The molecule has 1 heterocycles. The molecule has 1 fully saturated rings. The molecule has 1 atom stereocenters. The molecule has 5 heteroatoms. The topological polar surface area (TPSA) is 30.9 Å². The monoisotopic (exact) mass is 275 g/mol. The Morgan fingerprint density at radius 3 is 2.28 bits per heavy atom. The Balaban J connectivity index is 2.52. The third-order valence-corrected chi connectivity index (χ3v) is 7.10. The van der Waals surface area contributed by atoms with Crippen LogP contribution in [-0.4, -0.2) is 53.8 Å². The van der Waals surface area contributed by atoms with E-state index in [4.69, 9.17) is 13.3 Å². The molecule has 0 aromatic heterocycles. The number of unbranched alkanes of at least 4 members (excludes halogenated alkanes) is 3. The van der Waals surface area contributed by atoms with Crippen molar-refractivity contribution in [1.82, 2.24) is 4.90 Å². The predicted molar refractivity (Wildman–Crippen MR) is 75.5 cm³/mol. The Bertz CT molecular complexity index is 216. The first-order valence-corrected chi connectivity index (χ1v) is 8.93. The van der Waals surface area contributed by atoms with Gasteiger partial charge in [-0.25, -0.2) is 0 Å². The molecule has 0 aromatic carbocycles. The van der Waals surface area contributed by atoms with E-state index in [1.54, 1.807) is 21.3 Å². The number of likely N-dealkylation sites (tertiary alicyclic amines) is 1. The van der Waals surface area contributed by atoms with Crippen LogP contribution in [0.15, 0.2) is 0 Å². The molecule has 1 unspecified atom stereocenters. The van der Waals surface area contributed by atoms with Crippen LogP contribution in [0.3, 0.4) is 0 Å². The van der Waals surface area contributed by atoms with E-state index in [0.717, 1.165) is 19.5 Å². The van der Waals surface area contributed by atoms with Gasteiger partial charge in [-0.3, -0.25) is 4.90 Å². The van der Waals surface area contributed by atoms with Crippen LogP contribution in [0.4, 0.5) is 0 Å². The van der Waals surface area contributed by atoms with Gasteiger partial charge in [0.05, 0.1) is 5.67 Å². The van der Waals surface area contributed by atoms with Crippen molar-refractivity contribution < 1.29 is 13.3 Å². The van der Waals surface area contributed by atoms with Gasteiger partial charge in [0.1, 0.15) is 0 Å². The molecule has 18 heavy (non-hydrogen) atoms. The van der Waals surface area contributed by atoms with Crippen LogP contribution in [0, 0.1) is 0 Å². The van der Waals surface area contributed by atoms with Crippen molar-refractivity contribution in [2.45, 2.75) is 51.1 Å². The quantitative estimate of drug-likeness (QED) is 0.478. The summed E-state index contributed by atoms with van der Waals surface area (Å²) in [5, 5.41) is 0. The van der Waals surface area contributed by atoms with E-state index in [1.807, 2.05) is 0 Å². The second-order valence-corrected chi connectivity index (χ2v) is 8.07. The molecule has 0 saturated carbocycles. The summed E-state index contributed by atoms with van der Waals surface area (Å²) < 4.78 is 16.9. The third kappa shape index (κ3) is 3.77. The second kappa shape index (κ2) is 8.27. The van der Waals surface area contributed by atoms with Crippen LogP contribution in [0.2, 0.25) is 0 Å². The fourth-order valence-corrected chi connectivity index (χ4v) is 5.47. The molecule has 1 rings (SSSR count). The first-order valence-electron chi connectivity index (χ1n) is 7.13. The minimum Gasteiger partial charge on any atom is -0.376 e. The summed E-state index contributed by atoms with van der Waals surface area (Å²) in [6.45, 7) is 4.55. The summed E-state index contributed by atoms with van der Waals surface area (Å²) in [5.41, 5.74) is 0.346. The van der Waals surface area contributed by atoms with Gasteiger partial charge in [0.2, 0.25) is 0 Å². The van der Waals surface area contributed by atoms with Gasteiger partial charge < -0.3 is 13.3 Å². The summed E-state index contributed by atoms with van der Waals surface area (Å²) >= 11 is 0. The van der Waals surface area contributed by atoms with Crippen LogP contribution >= 0.6 is 0 Å². The van der Waals surface area contributed by atoms with Crippen LogP contribution < -0.4 is 0 Å². The van der Waals surface area contributed by atoms with Crippen LogP contribution in [0.5, 0.6) is 0 Å². The van der Waals surface area contributed by atoms with Crippen LogP contribution in [0.25, 0.3) is 0 Å². The molecule has 0 amide bonds. The third-order valence-electron chi connectivity index (χ3n) is 3.92. The molecular formula is C13H29NO3Si. The fourth-order valence-electron chi connectivity index (χ4n) is 2.89. The first kappa shape index (κ1) is 16.1. The summed E-state index contributed by atoms with van der Waals surface area (Å²) in [6.07, 6.45) is 7.57. The van der Waals surface area contributed by atoms with Gasteiger partial charge >= 0.3 is 8.80 Å². The highest BCUT2D eigenvalue weighted by atomic mass is 28.4. The van der Waals surface area contributed by atoms with Gasteiger partial charge in [0.15, 0.2) is 0 Å². The normalized spacial score (nSPS) is 21.7. The predicted octanol–water partition coefficient (Wildman–Crippen LogP) is 2.45. The molecule has 108 valence electrons. The van der Waals surface area contributed by atoms with Crippen molar-refractivity contribution in [2.75, 3.05) is 34.4 Å². The molecule has 0 aliphatic carbocycles. The Hall–Kier alpha value is 0.0569. The molecule has 0 spiro atoms. The van der Waals surface area contributed by atoms with Crippen molar-refractivity contribution >= 4 is 8.80 Å².